The van der Waals surface area contributed by atoms with E-state index in [1.807, 2.05) is 6.07 Å². The lowest BCUT2D eigenvalue weighted by molar-refractivity contribution is 0.189. The van der Waals surface area contributed by atoms with E-state index in [2.05, 4.69) is 20.2 Å². The molecular formula is C15H24N4. The lowest BCUT2D eigenvalue weighted by Gasteiger charge is -2.34. The van der Waals surface area contributed by atoms with Crippen molar-refractivity contribution in [3.63, 3.8) is 0 Å². The Balaban J connectivity index is 1.41. The Morgan fingerprint density at radius 1 is 1.16 bits per heavy atom. The van der Waals surface area contributed by atoms with Gasteiger partial charge < -0.3 is 10.2 Å². The third-order valence-electron chi connectivity index (χ3n) is 4.51. The molecule has 2 heterocycles. The first kappa shape index (κ1) is 12.9. The van der Waals surface area contributed by atoms with Gasteiger partial charge >= 0.3 is 0 Å². The van der Waals surface area contributed by atoms with Crippen LogP contribution < -0.4 is 5.32 Å². The van der Waals surface area contributed by atoms with Gasteiger partial charge in [-0.1, -0.05) is 12.8 Å². The molecule has 1 saturated carbocycles. The second kappa shape index (κ2) is 6.33. The SMILES string of the molecule is c1cc(NC2CCN(CC3CCCC3)CC2)ncn1. The topological polar surface area (TPSA) is 41.0 Å². The molecule has 2 fully saturated rings. The van der Waals surface area contributed by atoms with E-state index in [4.69, 9.17) is 0 Å². The molecule has 1 aromatic rings. The van der Waals surface area contributed by atoms with E-state index in [9.17, 15) is 0 Å². The van der Waals surface area contributed by atoms with Crippen LogP contribution in [0.2, 0.25) is 0 Å². The van der Waals surface area contributed by atoms with Crippen molar-refractivity contribution in [1.82, 2.24) is 14.9 Å². The normalized spacial score (nSPS) is 22.7. The third kappa shape index (κ3) is 3.66. The van der Waals surface area contributed by atoms with E-state index in [0.29, 0.717) is 6.04 Å². The van der Waals surface area contributed by atoms with Gasteiger partial charge in [0.15, 0.2) is 0 Å². The van der Waals surface area contributed by atoms with Crippen molar-refractivity contribution < 1.29 is 0 Å². The average molecular weight is 260 g/mol. The van der Waals surface area contributed by atoms with Crippen LogP contribution in [0.25, 0.3) is 0 Å². The van der Waals surface area contributed by atoms with E-state index in [1.54, 1.807) is 12.5 Å². The molecule has 1 saturated heterocycles. The predicted molar refractivity (Wildman–Crippen MR) is 77.1 cm³/mol. The summed E-state index contributed by atoms with van der Waals surface area (Å²) in [5.74, 6) is 1.94. The average Bonchev–Trinajstić information content (AvgIpc) is 2.95. The van der Waals surface area contributed by atoms with Crippen LogP contribution in [0.5, 0.6) is 0 Å². The number of anilines is 1. The molecule has 1 N–H and O–H groups in total. The summed E-state index contributed by atoms with van der Waals surface area (Å²) in [5, 5.41) is 3.52. The van der Waals surface area contributed by atoms with Gasteiger partial charge in [0.25, 0.3) is 0 Å². The molecule has 1 aromatic heterocycles. The molecule has 0 atom stereocenters. The van der Waals surface area contributed by atoms with Gasteiger partial charge in [-0.05, 0) is 37.7 Å². The zero-order valence-corrected chi connectivity index (χ0v) is 11.6. The molecule has 104 valence electrons. The van der Waals surface area contributed by atoms with Gasteiger partial charge in [0.2, 0.25) is 0 Å². The quantitative estimate of drug-likeness (QED) is 0.903. The molecule has 0 aromatic carbocycles. The highest BCUT2D eigenvalue weighted by Gasteiger charge is 2.23. The summed E-state index contributed by atoms with van der Waals surface area (Å²) >= 11 is 0. The molecule has 0 spiro atoms. The zero-order valence-electron chi connectivity index (χ0n) is 11.6. The van der Waals surface area contributed by atoms with Gasteiger partial charge in [-0.2, -0.15) is 0 Å². The maximum atomic E-state index is 4.24. The minimum Gasteiger partial charge on any atom is -0.367 e. The maximum Gasteiger partial charge on any atom is 0.129 e. The second-order valence-electron chi connectivity index (χ2n) is 5.96. The highest BCUT2D eigenvalue weighted by atomic mass is 15.2. The predicted octanol–water partition coefficient (Wildman–Crippen LogP) is 2.54. The Morgan fingerprint density at radius 2 is 1.95 bits per heavy atom. The van der Waals surface area contributed by atoms with E-state index >= 15 is 0 Å². The first-order chi connectivity index (χ1) is 9.40. The number of hydrogen-bond acceptors (Lipinski definition) is 4. The van der Waals surface area contributed by atoms with Crippen molar-refractivity contribution >= 4 is 5.82 Å². The fraction of sp³-hybridized carbons (Fsp3) is 0.733. The molecule has 0 radical (unpaired) electrons. The molecule has 0 amide bonds. The zero-order chi connectivity index (χ0) is 12.9. The molecule has 1 aliphatic carbocycles. The van der Waals surface area contributed by atoms with Crippen molar-refractivity contribution in [3.05, 3.63) is 18.6 Å². The maximum absolute atomic E-state index is 4.24. The van der Waals surface area contributed by atoms with E-state index in [0.717, 1.165) is 11.7 Å². The van der Waals surface area contributed by atoms with E-state index < -0.39 is 0 Å². The highest BCUT2D eigenvalue weighted by Crippen LogP contribution is 2.26. The van der Waals surface area contributed by atoms with Crippen LogP contribution in [0, 0.1) is 5.92 Å². The van der Waals surface area contributed by atoms with Crippen LogP contribution in [-0.2, 0) is 0 Å². The van der Waals surface area contributed by atoms with Gasteiger partial charge in [-0.15, -0.1) is 0 Å². The third-order valence-corrected chi connectivity index (χ3v) is 4.51. The van der Waals surface area contributed by atoms with Crippen molar-refractivity contribution in [2.45, 2.75) is 44.6 Å². The van der Waals surface area contributed by atoms with Crippen LogP contribution in [0.1, 0.15) is 38.5 Å². The number of likely N-dealkylation sites (tertiary alicyclic amines) is 1. The molecule has 2 aliphatic rings. The smallest absolute Gasteiger partial charge is 0.129 e. The summed E-state index contributed by atoms with van der Waals surface area (Å²) in [5.41, 5.74) is 0. The Hall–Kier alpha value is -1.16. The molecule has 0 bridgehead atoms. The summed E-state index contributed by atoms with van der Waals surface area (Å²) in [6.07, 6.45) is 11.7. The summed E-state index contributed by atoms with van der Waals surface area (Å²) in [4.78, 5) is 10.8. The van der Waals surface area contributed by atoms with Crippen molar-refractivity contribution in [3.8, 4) is 0 Å². The van der Waals surface area contributed by atoms with Crippen LogP contribution in [0.4, 0.5) is 5.82 Å². The van der Waals surface area contributed by atoms with Crippen LogP contribution in [-0.4, -0.2) is 40.5 Å². The monoisotopic (exact) mass is 260 g/mol. The second-order valence-corrected chi connectivity index (χ2v) is 5.96. The molecule has 4 nitrogen and oxygen atoms in total. The van der Waals surface area contributed by atoms with Crippen molar-refractivity contribution in [2.75, 3.05) is 25.0 Å². The van der Waals surface area contributed by atoms with Gasteiger partial charge in [0.05, 0.1) is 0 Å². The van der Waals surface area contributed by atoms with Gasteiger partial charge in [0, 0.05) is 31.9 Å². The van der Waals surface area contributed by atoms with Gasteiger partial charge in [-0.25, -0.2) is 9.97 Å². The molecule has 1 aliphatic heterocycles. The van der Waals surface area contributed by atoms with E-state index in [-0.39, 0.29) is 0 Å². The Labute approximate surface area is 115 Å². The van der Waals surface area contributed by atoms with Crippen molar-refractivity contribution in [2.24, 2.45) is 5.92 Å². The lowest BCUT2D eigenvalue weighted by Crippen LogP contribution is -2.41. The van der Waals surface area contributed by atoms with Gasteiger partial charge in [0.1, 0.15) is 12.1 Å². The number of aromatic nitrogens is 2. The molecule has 4 heteroatoms. The van der Waals surface area contributed by atoms with Crippen LogP contribution >= 0.6 is 0 Å². The summed E-state index contributed by atoms with van der Waals surface area (Å²) in [6, 6.07) is 2.53. The summed E-state index contributed by atoms with van der Waals surface area (Å²) in [7, 11) is 0. The molecule has 19 heavy (non-hydrogen) atoms. The molecular weight excluding hydrogens is 236 g/mol. The number of nitrogens with zero attached hydrogens (tertiary/aromatic N) is 3. The fourth-order valence-corrected chi connectivity index (χ4v) is 3.40. The van der Waals surface area contributed by atoms with Crippen LogP contribution in [0.15, 0.2) is 18.6 Å². The standard InChI is InChI=1S/C15H24N4/c1-2-4-13(3-1)11-19-9-6-14(7-10-19)18-15-5-8-16-12-17-15/h5,8,12-14H,1-4,6-7,9-11H2,(H,16,17,18). The minimum atomic E-state index is 0.578. The lowest BCUT2D eigenvalue weighted by atomic mass is 10.0. The van der Waals surface area contributed by atoms with Crippen molar-refractivity contribution in [1.29, 1.82) is 0 Å². The van der Waals surface area contributed by atoms with Gasteiger partial charge in [-0.3, -0.25) is 0 Å². The Bertz CT molecular complexity index is 367. The summed E-state index contributed by atoms with van der Waals surface area (Å²) < 4.78 is 0. The van der Waals surface area contributed by atoms with Crippen LogP contribution in [0.3, 0.4) is 0 Å². The summed E-state index contributed by atoms with van der Waals surface area (Å²) in [6.45, 7) is 3.80. The molecule has 0 unspecified atom stereocenters. The minimum absolute atomic E-state index is 0.578. The van der Waals surface area contributed by atoms with E-state index in [1.165, 1.54) is 58.2 Å². The highest BCUT2D eigenvalue weighted by molar-refractivity contribution is 5.33. The molecule has 3 rings (SSSR count). The fourth-order valence-electron chi connectivity index (χ4n) is 3.40. The number of hydrogen-bond donors (Lipinski definition) is 1. The first-order valence-corrected chi connectivity index (χ1v) is 7.65. The number of rotatable bonds is 4. The first-order valence-electron chi connectivity index (χ1n) is 7.65. The Morgan fingerprint density at radius 3 is 2.63 bits per heavy atom. The largest absolute Gasteiger partial charge is 0.367 e. The Kier molecular flexibility index (Phi) is 4.28. The number of piperidine rings is 1. The number of nitrogens with one attached hydrogen (secondary N) is 1.